The number of carbonyl (C=O) groups is 1. The average molecular weight is 231 g/mol. The van der Waals surface area contributed by atoms with E-state index in [0.717, 1.165) is 12.3 Å². The largest absolute Gasteiger partial charge is 0.465 e. The molecule has 0 aromatic rings. The van der Waals surface area contributed by atoms with Crippen molar-refractivity contribution in [1.82, 2.24) is 5.32 Å². The fourth-order valence-corrected chi connectivity index (χ4v) is 1.66. The molecule has 0 saturated carbocycles. The minimum absolute atomic E-state index is 0.0301. The molecule has 0 radical (unpaired) electrons. The minimum atomic E-state index is 0.0301. The van der Waals surface area contributed by atoms with Crippen LogP contribution in [-0.2, 0) is 9.53 Å². The van der Waals surface area contributed by atoms with Gasteiger partial charge in [-0.25, -0.2) is 0 Å². The van der Waals surface area contributed by atoms with Gasteiger partial charge in [0, 0.05) is 6.61 Å². The van der Waals surface area contributed by atoms with Gasteiger partial charge in [0.1, 0.15) is 0 Å². The van der Waals surface area contributed by atoms with Crippen LogP contribution in [0.15, 0.2) is 0 Å². The molecule has 1 rings (SSSR count). The van der Waals surface area contributed by atoms with Crippen LogP contribution in [0, 0.1) is 5.92 Å². The number of aliphatic hydroxyl groups excluding tert-OH is 1. The number of ether oxygens (including phenoxy) is 1. The van der Waals surface area contributed by atoms with Crippen LogP contribution >= 0.6 is 0 Å². The Hall–Kier alpha value is -0.610. The lowest BCUT2D eigenvalue weighted by molar-refractivity contribution is -0.131. The molecule has 1 aliphatic heterocycles. The summed E-state index contributed by atoms with van der Waals surface area (Å²) in [6, 6.07) is 0. The molecule has 0 unspecified atom stereocenters. The second-order valence-electron chi connectivity index (χ2n) is 4.34. The standard InChI is InChI=1S/C8H17NO.C4H8O2/c10-7-1-2-8-3-5-9-6-4-8;1-4(2)6-3-5/h8-10H,1-7H2;3-4H,1-2H3. The lowest BCUT2D eigenvalue weighted by Gasteiger charge is -2.21. The van der Waals surface area contributed by atoms with Crippen molar-refractivity contribution in [2.24, 2.45) is 5.92 Å². The first-order valence-electron chi connectivity index (χ1n) is 6.11. The van der Waals surface area contributed by atoms with Crippen LogP contribution in [0.3, 0.4) is 0 Å². The molecule has 0 aromatic heterocycles. The smallest absolute Gasteiger partial charge is 0.293 e. The summed E-state index contributed by atoms with van der Waals surface area (Å²) in [5.41, 5.74) is 0. The summed E-state index contributed by atoms with van der Waals surface area (Å²) in [6.07, 6.45) is 4.85. The highest BCUT2D eigenvalue weighted by Crippen LogP contribution is 2.16. The molecule has 0 spiro atoms. The molecule has 0 aliphatic carbocycles. The van der Waals surface area contributed by atoms with E-state index in [1.54, 1.807) is 13.8 Å². The number of aliphatic hydroxyl groups is 1. The number of hydrogen-bond donors (Lipinski definition) is 2. The van der Waals surface area contributed by atoms with E-state index in [2.05, 4.69) is 10.1 Å². The van der Waals surface area contributed by atoms with Crippen LogP contribution in [0.2, 0.25) is 0 Å². The topological polar surface area (TPSA) is 58.6 Å². The van der Waals surface area contributed by atoms with Crippen molar-refractivity contribution < 1.29 is 14.6 Å². The zero-order chi connectivity index (χ0) is 12.2. The fourth-order valence-electron chi connectivity index (χ4n) is 1.66. The van der Waals surface area contributed by atoms with Gasteiger partial charge in [0.05, 0.1) is 6.10 Å². The van der Waals surface area contributed by atoms with E-state index in [-0.39, 0.29) is 6.10 Å². The van der Waals surface area contributed by atoms with Crippen molar-refractivity contribution in [3.63, 3.8) is 0 Å². The zero-order valence-electron chi connectivity index (χ0n) is 10.4. The monoisotopic (exact) mass is 231 g/mol. The van der Waals surface area contributed by atoms with Gasteiger partial charge in [-0.05, 0) is 58.5 Å². The highest BCUT2D eigenvalue weighted by molar-refractivity contribution is 5.37. The van der Waals surface area contributed by atoms with Crippen LogP contribution in [0.4, 0.5) is 0 Å². The summed E-state index contributed by atoms with van der Waals surface area (Å²) >= 11 is 0. The summed E-state index contributed by atoms with van der Waals surface area (Å²) in [6.45, 7) is 6.77. The third-order valence-corrected chi connectivity index (χ3v) is 2.56. The molecule has 96 valence electrons. The van der Waals surface area contributed by atoms with Gasteiger partial charge in [-0.3, -0.25) is 4.79 Å². The lowest BCUT2D eigenvalue weighted by atomic mass is 9.93. The van der Waals surface area contributed by atoms with Crippen molar-refractivity contribution in [3.05, 3.63) is 0 Å². The maximum Gasteiger partial charge on any atom is 0.293 e. The first kappa shape index (κ1) is 15.4. The Balaban J connectivity index is 0.000000325. The Bertz CT molecular complexity index is 156. The van der Waals surface area contributed by atoms with Gasteiger partial charge in [-0.2, -0.15) is 0 Å². The lowest BCUT2D eigenvalue weighted by Crippen LogP contribution is -2.27. The van der Waals surface area contributed by atoms with E-state index in [1.165, 1.54) is 32.4 Å². The van der Waals surface area contributed by atoms with Crippen LogP contribution in [0.1, 0.15) is 39.5 Å². The number of hydrogen-bond acceptors (Lipinski definition) is 4. The van der Waals surface area contributed by atoms with E-state index < -0.39 is 0 Å². The molecule has 1 aliphatic rings. The Morgan fingerprint density at radius 2 is 2.06 bits per heavy atom. The summed E-state index contributed by atoms with van der Waals surface area (Å²) in [5, 5.41) is 11.9. The van der Waals surface area contributed by atoms with Crippen molar-refractivity contribution >= 4 is 6.47 Å². The molecule has 1 saturated heterocycles. The summed E-state index contributed by atoms with van der Waals surface area (Å²) in [7, 11) is 0. The van der Waals surface area contributed by atoms with Crippen LogP contribution in [-0.4, -0.2) is 37.4 Å². The Morgan fingerprint density at radius 1 is 1.44 bits per heavy atom. The molecule has 0 amide bonds. The van der Waals surface area contributed by atoms with Gasteiger partial charge >= 0.3 is 0 Å². The number of nitrogens with one attached hydrogen (secondary N) is 1. The minimum Gasteiger partial charge on any atom is -0.465 e. The maximum absolute atomic E-state index is 9.39. The third kappa shape index (κ3) is 9.93. The summed E-state index contributed by atoms with van der Waals surface area (Å²) in [4.78, 5) is 9.39. The van der Waals surface area contributed by atoms with Crippen molar-refractivity contribution in [3.8, 4) is 0 Å². The predicted molar refractivity (Wildman–Crippen MR) is 64.2 cm³/mol. The highest BCUT2D eigenvalue weighted by Gasteiger charge is 2.11. The van der Waals surface area contributed by atoms with Crippen molar-refractivity contribution in [2.45, 2.75) is 45.6 Å². The van der Waals surface area contributed by atoms with Crippen LogP contribution in [0.5, 0.6) is 0 Å². The van der Waals surface area contributed by atoms with E-state index in [1.807, 2.05) is 0 Å². The van der Waals surface area contributed by atoms with Gasteiger partial charge in [0.15, 0.2) is 0 Å². The molecular formula is C12H25NO3. The first-order valence-corrected chi connectivity index (χ1v) is 6.11. The van der Waals surface area contributed by atoms with Crippen molar-refractivity contribution in [2.75, 3.05) is 19.7 Å². The molecule has 1 fully saturated rings. The molecule has 0 aromatic carbocycles. The van der Waals surface area contributed by atoms with Gasteiger partial charge in [-0.1, -0.05) is 0 Å². The van der Waals surface area contributed by atoms with E-state index in [9.17, 15) is 4.79 Å². The second kappa shape index (κ2) is 10.9. The summed E-state index contributed by atoms with van der Waals surface area (Å²) < 4.78 is 4.36. The average Bonchev–Trinajstić information content (AvgIpc) is 2.28. The predicted octanol–water partition coefficient (Wildman–Crippen LogP) is 1.33. The summed E-state index contributed by atoms with van der Waals surface area (Å²) in [5.74, 6) is 0.883. The van der Waals surface area contributed by atoms with Gasteiger partial charge < -0.3 is 15.2 Å². The van der Waals surface area contributed by atoms with E-state index >= 15 is 0 Å². The highest BCUT2D eigenvalue weighted by atomic mass is 16.5. The molecule has 1 heterocycles. The fraction of sp³-hybridized carbons (Fsp3) is 0.917. The Labute approximate surface area is 98.4 Å². The molecule has 16 heavy (non-hydrogen) atoms. The van der Waals surface area contributed by atoms with E-state index in [4.69, 9.17) is 5.11 Å². The van der Waals surface area contributed by atoms with E-state index in [0.29, 0.717) is 13.1 Å². The molecule has 4 nitrogen and oxygen atoms in total. The number of rotatable bonds is 5. The zero-order valence-corrected chi connectivity index (χ0v) is 10.4. The normalized spacial score (nSPS) is 16.5. The van der Waals surface area contributed by atoms with Gasteiger partial charge in [0.25, 0.3) is 6.47 Å². The molecule has 0 bridgehead atoms. The first-order chi connectivity index (χ1) is 7.70. The van der Waals surface area contributed by atoms with Crippen LogP contribution < -0.4 is 5.32 Å². The van der Waals surface area contributed by atoms with Gasteiger partial charge in [-0.15, -0.1) is 0 Å². The Morgan fingerprint density at radius 3 is 2.44 bits per heavy atom. The van der Waals surface area contributed by atoms with Gasteiger partial charge in [0.2, 0.25) is 0 Å². The third-order valence-electron chi connectivity index (χ3n) is 2.56. The molecular weight excluding hydrogens is 206 g/mol. The Kier molecular flexibility index (Phi) is 10.5. The SMILES string of the molecule is CC(C)OC=O.OCCCC1CCNCC1. The molecule has 4 heteroatoms. The number of piperidine rings is 1. The van der Waals surface area contributed by atoms with Crippen LogP contribution in [0.25, 0.3) is 0 Å². The quantitative estimate of drug-likeness (QED) is 0.701. The molecule has 2 N–H and O–H groups in total. The molecule has 0 atom stereocenters. The van der Waals surface area contributed by atoms with Crippen molar-refractivity contribution in [1.29, 1.82) is 0 Å². The second-order valence-corrected chi connectivity index (χ2v) is 4.34. The maximum atomic E-state index is 9.39. The number of carbonyl (C=O) groups excluding carboxylic acids is 1.